The highest BCUT2D eigenvalue weighted by Gasteiger charge is 2.52. The topological polar surface area (TPSA) is 49.3 Å². The van der Waals surface area contributed by atoms with E-state index in [1.165, 1.54) is 24.0 Å². The summed E-state index contributed by atoms with van der Waals surface area (Å²) in [6.45, 7) is 6.16. The first-order valence-electron chi connectivity index (χ1n) is 8.85. The van der Waals surface area contributed by atoms with Crippen LogP contribution in [0.2, 0.25) is 0 Å². The van der Waals surface area contributed by atoms with Crippen molar-refractivity contribution in [2.45, 2.75) is 64.3 Å². The lowest BCUT2D eigenvalue weighted by molar-refractivity contribution is -0.116. The zero-order chi connectivity index (χ0) is 16.4. The van der Waals surface area contributed by atoms with Gasteiger partial charge in [0.25, 0.3) is 5.91 Å². The third kappa shape index (κ3) is 2.20. The Bertz CT molecular complexity index is 725. The second-order valence-electron chi connectivity index (χ2n) is 7.65. The molecule has 23 heavy (non-hydrogen) atoms. The highest BCUT2D eigenvalue weighted by atomic mass is 16.3. The smallest absolute Gasteiger partial charge is 0.256 e. The molecule has 1 aromatic rings. The third-order valence-electron chi connectivity index (χ3n) is 5.84. The van der Waals surface area contributed by atoms with Crippen LogP contribution in [0.3, 0.4) is 0 Å². The third-order valence-corrected chi connectivity index (χ3v) is 5.84. The number of carbonyl (C=O) groups excluding carboxylic acids is 1. The van der Waals surface area contributed by atoms with Gasteiger partial charge in [-0.1, -0.05) is 19.1 Å². The van der Waals surface area contributed by atoms with Crippen LogP contribution in [0.25, 0.3) is 5.57 Å². The molecule has 2 saturated carbocycles. The monoisotopic (exact) mass is 311 g/mol. The maximum atomic E-state index is 12.7. The molecular formula is C20H25NO2. The van der Waals surface area contributed by atoms with E-state index in [1.54, 1.807) is 0 Å². The zero-order valence-electron chi connectivity index (χ0n) is 14.2. The molecule has 3 nitrogen and oxygen atoms in total. The number of amides is 1. The number of aryl methyl sites for hydroxylation is 2. The Morgan fingerprint density at radius 3 is 2.52 bits per heavy atom. The molecule has 0 saturated heterocycles. The van der Waals surface area contributed by atoms with Gasteiger partial charge in [0, 0.05) is 0 Å². The minimum atomic E-state index is -0.570. The molecule has 0 spiro atoms. The minimum Gasteiger partial charge on any atom is -0.509 e. The van der Waals surface area contributed by atoms with Crippen molar-refractivity contribution in [2.75, 3.05) is 0 Å². The fraction of sp³-hybridized carbons (Fsp3) is 0.550. The van der Waals surface area contributed by atoms with Gasteiger partial charge in [-0.3, -0.25) is 4.79 Å². The summed E-state index contributed by atoms with van der Waals surface area (Å²) in [5.74, 6) is 1.21. The Balaban J connectivity index is 1.86. The number of hydrogen-bond acceptors (Lipinski definition) is 2. The Labute approximate surface area is 137 Å². The lowest BCUT2D eigenvalue weighted by Crippen LogP contribution is -2.43. The van der Waals surface area contributed by atoms with E-state index < -0.39 is 5.54 Å². The first-order chi connectivity index (χ1) is 11.0. The van der Waals surface area contributed by atoms with Crippen molar-refractivity contribution in [3.05, 3.63) is 40.1 Å². The van der Waals surface area contributed by atoms with Gasteiger partial charge in [-0.05, 0) is 80.0 Å². The molecule has 2 N–H and O–H groups in total. The highest BCUT2D eigenvalue weighted by Crippen LogP contribution is 2.48. The van der Waals surface area contributed by atoms with E-state index in [2.05, 4.69) is 31.3 Å². The molecule has 1 heterocycles. The Hall–Kier alpha value is -1.77. The Kier molecular flexibility index (Phi) is 3.13. The number of nitrogens with one attached hydrogen (secondary N) is 1. The van der Waals surface area contributed by atoms with Crippen LogP contribution >= 0.6 is 0 Å². The summed E-state index contributed by atoms with van der Waals surface area (Å²) in [6, 6.07) is 4.47. The van der Waals surface area contributed by atoms with Crippen LogP contribution in [0.4, 0.5) is 0 Å². The molecular weight excluding hydrogens is 286 g/mol. The molecule has 0 bridgehead atoms. The first kappa shape index (κ1) is 14.8. The van der Waals surface area contributed by atoms with E-state index in [9.17, 15) is 9.90 Å². The second kappa shape index (κ2) is 4.86. The van der Waals surface area contributed by atoms with Crippen LogP contribution in [-0.2, 0) is 11.2 Å². The molecule has 1 aliphatic heterocycles. The lowest BCUT2D eigenvalue weighted by Gasteiger charge is -2.24. The maximum absolute atomic E-state index is 12.7. The Morgan fingerprint density at radius 2 is 1.96 bits per heavy atom. The van der Waals surface area contributed by atoms with Gasteiger partial charge in [-0.15, -0.1) is 0 Å². The Morgan fingerprint density at radius 1 is 1.26 bits per heavy atom. The summed E-state index contributed by atoms with van der Waals surface area (Å²) in [6.07, 6.45) is 5.58. The van der Waals surface area contributed by atoms with Crippen molar-refractivity contribution in [1.29, 1.82) is 0 Å². The fourth-order valence-corrected chi connectivity index (χ4v) is 4.09. The van der Waals surface area contributed by atoms with E-state index in [0.29, 0.717) is 17.4 Å². The summed E-state index contributed by atoms with van der Waals surface area (Å²) in [7, 11) is 0. The normalized spacial score (nSPS) is 27.5. The lowest BCUT2D eigenvalue weighted by atomic mass is 9.87. The molecule has 3 heteroatoms. The second-order valence-corrected chi connectivity index (χ2v) is 7.65. The molecule has 2 fully saturated rings. The number of aliphatic hydroxyl groups is 1. The quantitative estimate of drug-likeness (QED) is 0.883. The van der Waals surface area contributed by atoms with E-state index in [1.807, 2.05) is 6.92 Å². The van der Waals surface area contributed by atoms with Crippen molar-refractivity contribution in [1.82, 2.24) is 5.32 Å². The number of rotatable bonds is 4. The molecule has 122 valence electrons. The van der Waals surface area contributed by atoms with Crippen LogP contribution in [0.1, 0.15) is 67.7 Å². The van der Waals surface area contributed by atoms with Crippen LogP contribution in [0.5, 0.6) is 0 Å². The molecule has 2 aliphatic carbocycles. The fourth-order valence-electron chi connectivity index (χ4n) is 4.09. The number of benzene rings is 1. The van der Waals surface area contributed by atoms with Gasteiger partial charge in [0.2, 0.25) is 0 Å². The zero-order valence-corrected chi connectivity index (χ0v) is 14.2. The average molecular weight is 311 g/mol. The van der Waals surface area contributed by atoms with Gasteiger partial charge >= 0.3 is 0 Å². The van der Waals surface area contributed by atoms with Gasteiger partial charge in [0.05, 0.1) is 11.1 Å². The summed E-state index contributed by atoms with van der Waals surface area (Å²) in [5.41, 5.74) is 4.59. The van der Waals surface area contributed by atoms with Gasteiger partial charge in [-0.25, -0.2) is 0 Å². The van der Waals surface area contributed by atoms with Gasteiger partial charge in [0.1, 0.15) is 5.76 Å². The molecule has 0 radical (unpaired) electrons. The van der Waals surface area contributed by atoms with E-state index in [0.717, 1.165) is 30.4 Å². The average Bonchev–Trinajstić information content (AvgIpc) is 3.39. The first-order valence-corrected chi connectivity index (χ1v) is 8.85. The summed E-state index contributed by atoms with van der Waals surface area (Å²) in [5, 5.41) is 13.9. The molecule has 3 aliphatic rings. The summed E-state index contributed by atoms with van der Waals surface area (Å²) < 4.78 is 0. The van der Waals surface area contributed by atoms with Gasteiger partial charge in [0.15, 0.2) is 0 Å². The number of aliphatic hydroxyl groups excluding tert-OH is 1. The van der Waals surface area contributed by atoms with E-state index in [-0.39, 0.29) is 11.7 Å². The molecule has 1 amide bonds. The standard InChI is InChI=1S/C20H25NO2/c1-4-12-10-14(13-5-6-13)9-11(2)16(12)17-18(22)20(3,15-7-8-15)21-19(17)23/h9-10,13,15,22H,4-8H2,1-3H3,(H,21,23). The SMILES string of the molecule is CCc1cc(C2CC2)cc(C)c1C1=C(O)C(C)(C2CC2)NC1=O. The number of carbonyl (C=O) groups is 1. The highest BCUT2D eigenvalue weighted by molar-refractivity contribution is 6.24. The van der Waals surface area contributed by atoms with Crippen LogP contribution in [0.15, 0.2) is 17.9 Å². The largest absolute Gasteiger partial charge is 0.509 e. The van der Waals surface area contributed by atoms with Crippen molar-refractivity contribution < 1.29 is 9.90 Å². The summed E-state index contributed by atoms with van der Waals surface area (Å²) >= 11 is 0. The predicted molar refractivity (Wildman–Crippen MR) is 91.4 cm³/mol. The maximum Gasteiger partial charge on any atom is 0.256 e. The molecule has 1 aromatic carbocycles. The molecule has 1 atom stereocenters. The molecule has 4 rings (SSSR count). The van der Waals surface area contributed by atoms with Crippen molar-refractivity contribution >= 4 is 11.5 Å². The van der Waals surface area contributed by atoms with Crippen molar-refractivity contribution in [3.8, 4) is 0 Å². The van der Waals surface area contributed by atoms with Crippen molar-refractivity contribution in [2.24, 2.45) is 5.92 Å². The summed E-state index contributed by atoms with van der Waals surface area (Å²) in [4.78, 5) is 12.7. The van der Waals surface area contributed by atoms with Gasteiger partial charge in [-0.2, -0.15) is 0 Å². The predicted octanol–water partition coefficient (Wildman–Crippen LogP) is 4.00. The van der Waals surface area contributed by atoms with E-state index in [4.69, 9.17) is 0 Å². The molecule has 0 aromatic heterocycles. The molecule has 1 unspecified atom stereocenters. The number of hydrogen-bond donors (Lipinski definition) is 2. The van der Waals surface area contributed by atoms with E-state index >= 15 is 0 Å². The van der Waals surface area contributed by atoms with Gasteiger partial charge < -0.3 is 10.4 Å². The van der Waals surface area contributed by atoms with Crippen LogP contribution in [0, 0.1) is 12.8 Å². The van der Waals surface area contributed by atoms with Crippen LogP contribution in [-0.4, -0.2) is 16.6 Å². The minimum absolute atomic E-state index is 0.117. The van der Waals surface area contributed by atoms with Crippen LogP contribution < -0.4 is 5.32 Å². The van der Waals surface area contributed by atoms with Crippen molar-refractivity contribution in [3.63, 3.8) is 0 Å².